The fraction of sp³-hybridized carbons (Fsp3) is 0.412. The van der Waals surface area contributed by atoms with Crippen LogP contribution in [-0.4, -0.2) is 45.5 Å². The summed E-state index contributed by atoms with van der Waals surface area (Å²) in [6.45, 7) is 6.15. The molecular weight excluding hydrogens is 320 g/mol. The van der Waals surface area contributed by atoms with Crippen LogP contribution in [0, 0.1) is 5.41 Å². The van der Waals surface area contributed by atoms with Crippen LogP contribution in [0.3, 0.4) is 0 Å². The van der Waals surface area contributed by atoms with Gasteiger partial charge < -0.3 is 15.4 Å². The van der Waals surface area contributed by atoms with Crippen molar-refractivity contribution in [2.45, 2.75) is 20.3 Å². The Hall–Kier alpha value is -2.74. The van der Waals surface area contributed by atoms with Gasteiger partial charge in [-0.2, -0.15) is 5.10 Å². The number of nitrogens with zero attached hydrogens (tertiary/aromatic N) is 4. The molecule has 2 amide bonds. The van der Waals surface area contributed by atoms with Crippen LogP contribution in [0.25, 0.3) is 5.82 Å². The van der Waals surface area contributed by atoms with Gasteiger partial charge in [-0.1, -0.05) is 25.5 Å². The second kappa shape index (κ2) is 7.43. The van der Waals surface area contributed by atoms with Crippen molar-refractivity contribution in [1.29, 1.82) is 0 Å². The number of carbonyl (C=O) groups excluding carboxylic acids is 1. The molecule has 0 spiro atoms. The number of amides is 2. The first-order chi connectivity index (χ1) is 12.1. The lowest BCUT2D eigenvalue weighted by Crippen LogP contribution is -2.38. The molecule has 132 valence electrons. The van der Waals surface area contributed by atoms with Crippen molar-refractivity contribution in [3.63, 3.8) is 0 Å². The predicted octanol–water partition coefficient (Wildman–Crippen LogP) is 2.16. The summed E-state index contributed by atoms with van der Waals surface area (Å²) in [4.78, 5) is 20.5. The number of carbonyl (C=O) groups is 1. The van der Waals surface area contributed by atoms with Gasteiger partial charge in [-0.05, 0) is 18.6 Å². The number of ether oxygens (including phenoxy) is 1. The molecule has 0 saturated carbocycles. The minimum Gasteiger partial charge on any atom is -0.377 e. The van der Waals surface area contributed by atoms with Gasteiger partial charge in [0.2, 0.25) is 0 Å². The Morgan fingerprint density at radius 1 is 1.44 bits per heavy atom. The van der Waals surface area contributed by atoms with Crippen LogP contribution in [0.1, 0.15) is 20.3 Å². The van der Waals surface area contributed by atoms with E-state index in [0.29, 0.717) is 24.7 Å². The molecule has 2 N–H and O–H groups in total. The Balaban J connectivity index is 1.63. The molecule has 8 heteroatoms. The largest absolute Gasteiger partial charge is 0.377 e. The molecule has 0 atom stereocenters. The van der Waals surface area contributed by atoms with Gasteiger partial charge >= 0.3 is 6.03 Å². The van der Waals surface area contributed by atoms with E-state index in [0.717, 1.165) is 13.0 Å². The Bertz CT molecular complexity index is 754. The molecule has 8 nitrogen and oxygen atoms in total. The number of urea groups is 1. The average molecular weight is 342 g/mol. The molecular formula is C17H22N6O2. The minimum absolute atomic E-state index is 0.120. The first-order valence-corrected chi connectivity index (χ1v) is 8.18. The molecule has 0 aromatic carbocycles. The zero-order valence-corrected chi connectivity index (χ0v) is 14.4. The van der Waals surface area contributed by atoms with Crippen molar-refractivity contribution >= 4 is 11.7 Å². The van der Waals surface area contributed by atoms with E-state index < -0.39 is 0 Å². The number of hydrogen-bond donors (Lipinski definition) is 2. The Morgan fingerprint density at radius 2 is 2.32 bits per heavy atom. The zero-order valence-electron chi connectivity index (χ0n) is 14.4. The highest BCUT2D eigenvalue weighted by atomic mass is 16.5. The third kappa shape index (κ3) is 4.21. The monoisotopic (exact) mass is 342 g/mol. The maximum absolute atomic E-state index is 12.3. The van der Waals surface area contributed by atoms with Crippen molar-refractivity contribution in [2.24, 2.45) is 5.41 Å². The highest BCUT2D eigenvalue weighted by molar-refractivity contribution is 5.91. The van der Waals surface area contributed by atoms with Gasteiger partial charge in [-0.25, -0.2) is 19.4 Å². The first kappa shape index (κ1) is 17.1. The van der Waals surface area contributed by atoms with Gasteiger partial charge in [0.1, 0.15) is 12.7 Å². The van der Waals surface area contributed by atoms with Gasteiger partial charge in [0.25, 0.3) is 0 Å². The fourth-order valence-electron chi connectivity index (χ4n) is 2.72. The van der Waals surface area contributed by atoms with Gasteiger partial charge in [0.05, 0.1) is 18.9 Å². The van der Waals surface area contributed by atoms with E-state index in [1.165, 1.54) is 22.9 Å². The molecule has 2 aromatic rings. The molecule has 0 saturated heterocycles. The van der Waals surface area contributed by atoms with Crippen LogP contribution in [0.15, 0.2) is 42.6 Å². The lowest BCUT2D eigenvalue weighted by atomic mass is 9.81. The molecule has 1 aliphatic heterocycles. The van der Waals surface area contributed by atoms with Crippen LogP contribution in [0.2, 0.25) is 0 Å². The van der Waals surface area contributed by atoms with Crippen LogP contribution in [0.4, 0.5) is 10.5 Å². The van der Waals surface area contributed by atoms with Crippen molar-refractivity contribution in [3.05, 3.63) is 42.6 Å². The third-order valence-corrected chi connectivity index (χ3v) is 4.19. The normalized spacial score (nSPS) is 14.7. The van der Waals surface area contributed by atoms with Crippen molar-refractivity contribution in [2.75, 3.05) is 25.1 Å². The summed E-state index contributed by atoms with van der Waals surface area (Å²) < 4.78 is 6.86. The molecule has 0 aliphatic carbocycles. The summed E-state index contributed by atoms with van der Waals surface area (Å²) >= 11 is 0. The second-order valence-corrected chi connectivity index (χ2v) is 6.46. The molecule has 3 heterocycles. The molecule has 0 bridgehead atoms. The van der Waals surface area contributed by atoms with E-state index in [9.17, 15) is 4.79 Å². The molecule has 25 heavy (non-hydrogen) atoms. The van der Waals surface area contributed by atoms with Gasteiger partial charge in [0.15, 0.2) is 5.82 Å². The summed E-state index contributed by atoms with van der Waals surface area (Å²) in [5.74, 6) is 0.515. The van der Waals surface area contributed by atoms with Gasteiger partial charge in [-0.15, -0.1) is 0 Å². The van der Waals surface area contributed by atoms with Crippen LogP contribution >= 0.6 is 0 Å². The Labute approximate surface area is 146 Å². The van der Waals surface area contributed by atoms with Crippen LogP contribution < -0.4 is 10.6 Å². The molecule has 0 unspecified atom stereocenters. The number of aromatic nitrogens is 4. The Kier molecular flexibility index (Phi) is 5.08. The maximum Gasteiger partial charge on any atom is 0.319 e. The highest BCUT2D eigenvalue weighted by Crippen LogP contribution is 2.29. The predicted molar refractivity (Wildman–Crippen MR) is 93.5 cm³/mol. The van der Waals surface area contributed by atoms with E-state index in [4.69, 9.17) is 4.74 Å². The maximum atomic E-state index is 12.3. The molecule has 0 radical (unpaired) electrons. The van der Waals surface area contributed by atoms with E-state index >= 15 is 0 Å². The van der Waals surface area contributed by atoms with Gasteiger partial charge in [0, 0.05) is 18.2 Å². The number of nitrogens with one attached hydrogen (secondary N) is 2. The van der Waals surface area contributed by atoms with Crippen molar-refractivity contribution in [3.8, 4) is 5.82 Å². The Morgan fingerprint density at radius 3 is 3.04 bits per heavy atom. The molecule has 3 rings (SSSR count). The van der Waals surface area contributed by atoms with Crippen molar-refractivity contribution in [1.82, 2.24) is 25.1 Å². The average Bonchev–Trinajstić information content (AvgIpc) is 3.16. The van der Waals surface area contributed by atoms with E-state index in [2.05, 4.69) is 45.6 Å². The van der Waals surface area contributed by atoms with Crippen molar-refractivity contribution < 1.29 is 9.53 Å². The van der Waals surface area contributed by atoms with Gasteiger partial charge in [-0.3, -0.25) is 0 Å². The third-order valence-electron chi connectivity index (χ3n) is 4.19. The standard InChI is InChI=1S/C17H22N6O2/c1-17(2,13-5-8-25-9-6-13)10-20-16(24)22-14-4-3-7-19-15(14)23-12-18-11-21-23/h3-5,7,11-12H,6,8-10H2,1-2H3,(H2,20,22,24). The molecule has 2 aromatic heterocycles. The quantitative estimate of drug-likeness (QED) is 0.812. The second-order valence-electron chi connectivity index (χ2n) is 6.46. The SMILES string of the molecule is CC(C)(CNC(=O)Nc1cccnc1-n1cncn1)C1=CCOCC1. The lowest BCUT2D eigenvalue weighted by molar-refractivity contribution is 0.145. The molecule has 0 fully saturated rings. The smallest absolute Gasteiger partial charge is 0.319 e. The fourth-order valence-corrected chi connectivity index (χ4v) is 2.72. The summed E-state index contributed by atoms with van der Waals surface area (Å²) in [7, 11) is 0. The van der Waals surface area contributed by atoms with E-state index in [-0.39, 0.29) is 11.4 Å². The van der Waals surface area contributed by atoms with E-state index in [1.807, 2.05) is 0 Å². The number of rotatable bonds is 5. The summed E-state index contributed by atoms with van der Waals surface area (Å²) in [5.41, 5.74) is 1.75. The van der Waals surface area contributed by atoms with Crippen LogP contribution in [-0.2, 0) is 4.74 Å². The number of hydrogen-bond acceptors (Lipinski definition) is 5. The lowest BCUT2D eigenvalue weighted by Gasteiger charge is -2.30. The summed E-state index contributed by atoms with van der Waals surface area (Å²) in [6.07, 6.45) is 7.60. The van der Waals surface area contributed by atoms with Crippen LogP contribution in [0.5, 0.6) is 0 Å². The minimum atomic E-state index is -0.282. The molecule has 1 aliphatic rings. The zero-order chi connectivity index (χ0) is 17.7. The first-order valence-electron chi connectivity index (χ1n) is 8.18. The number of anilines is 1. The van der Waals surface area contributed by atoms with E-state index in [1.54, 1.807) is 18.3 Å². The topological polar surface area (TPSA) is 94.0 Å². The highest BCUT2D eigenvalue weighted by Gasteiger charge is 2.25. The summed E-state index contributed by atoms with van der Waals surface area (Å²) in [6, 6.07) is 3.25. The summed E-state index contributed by atoms with van der Waals surface area (Å²) in [5, 5.41) is 9.82. The number of pyridine rings is 1.